The first-order valence-electron chi connectivity index (χ1n) is 6.85. The van der Waals surface area contributed by atoms with Gasteiger partial charge in [-0.1, -0.05) is 11.6 Å². The molecule has 0 aliphatic heterocycles. The van der Waals surface area contributed by atoms with E-state index in [0.29, 0.717) is 38.2 Å². The maximum Gasteiger partial charge on any atom is 0.337 e. The molecule has 0 fully saturated rings. The van der Waals surface area contributed by atoms with Gasteiger partial charge in [0.05, 0.1) is 17.7 Å². The van der Waals surface area contributed by atoms with Gasteiger partial charge in [0.15, 0.2) is 4.90 Å². The lowest BCUT2D eigenvalue weighted by Crippen LogP contribution is -2.06. The molecule has 5 nitrogen and oxygen atoms in total. The maximum absolute atomic E-state index is 12.0. The lowest BCUT2D eigenvalue weighted by molar-refractivity contribution is 0.0697. The number of carboxylic acid groups (broad SMARTS) is 1. The van der Waals surface area contributed by atoms with Crippen molar-refractivity contribution in [3.63, 3.8) is 0 Å². The molecule has 0 aliphatic rings. The van der Waals surface area contributed by atoms with E-state index in [1.807, 2.05) is 0 Å². The van der Waals surface area contributed by atoms with Crippen LogP contribution in [0.3, 0.4) is 0 Å². The maximum atomic E-state index is 12.0. The van der Waals surface area contributed by atoms with Crippen LogP contribution in [0.25, 0.3) is 11.1 Å². The summed E-state index contributed by atoms with van der Waals surface area (Å²) in [5.41, 5.74) is 1.70. The summed E-state index contributed by atoms with van der Waals surface area (Å²) < 4.78 is 17.4. The van der Waals surface area contributed by atoms with Crippen LogP contribution in [0.1, 0.15) is 23.0 Å². The number of benzene rings is 1. The van der Waals surface area contributed by atoms with E-state index >= 15 is 0 Å². The van der Waals surface area contributed by atoms with Crippen LogP contribution in [-0.4, -0.2) is 33.5 Å². The molecule has 0 saturated heterocycles. The molecule has 1 aromatic heterocycles. The fraction of sp³-hybridized carbons (Fsp3) is 0.250. The van der Waals surface area contributed by atoms with Crippen molar-refractivity contribution >= 4 is 28.7 Å². The number of aromatic carboxylic acids is 1. The molecule has 1 atom stereocenters. The number of methoxy groups -OCH3 is 1. The highest BCUT2D eigenvalue weighted by Crippen LogP contribution is 2.38. The molecule has 0 radical (unpaired) electrons. The Bertz CT molecular complexity index is 751. The Morgan fingerprint density at radius 1 is 1.39 bits per heavy atom. The van der Waals surface area contributed by atoms with E-state index in [9.17, 15) is 14.5 Å². The predicted octanol–water partition coefficient (Wildman–Crippen LogP) is 3.54. The van der Waals surface area contributed by atoms with Crippen LogP contribution in [0.5, 0.6) is 5.75 Å². The fourth-order valence-corrected chi connectivity index (χ4v) is 3.44. The first-order valence-corrected chi connectivity index (χ1v) is 8.55. The van der Waals surface area contributed by atoms with E-state index in [1.165, 1.54) is 13.3 Å². The van der Waals surface area contributed by atoms with Gasteiger partial charge in [0.1, 0.15) is 11.5 Å². The number of rotatable bonds is 5. The third-order valence-corrected chi connectivity index (χ3v) is 5.10. The Hall–Kier alpha value is -1.76. The summed E-state index contributed by atoms with van der Waals surface area (Å²) in [6.07, 6.45) is 1.30. The number of aromatic nitrogens is 1. The zero-order chi connectivity index (χ0) is 17.1. The summed E-state index contributed by atoms with van der Waals surface area (Å²) >= 11 is 5.00. The van der Waals surface area contributed by atoms with Gasteiger partial charge in [-0.3, -0.25) is 4.98 Å². The van der Waals surface area contributed by atoms with Gasteiger partial charge >= 0.3 is 5.97 Å². The molecule has 0 spiro atoms. The SMILES string of the molecule is CC[S+]([O-])c1cc(OC)c(-c2cc(C)ncc2C(=O)O)cc1Cl. The van der Waals surface area contributed by atoms with Crippen molar-refractivity contribution in [3.05, 3.63) is 40.7 Å². The van der Waals surface area contributed by atoms with Crippen molar-refractivity contribution in [2.45, 2.75) is 18.7 Å². The molecule has 122 valence electrons. The smallest absolute Gasteiger partial charge is 0.337 e. The molecule has 2 aromatic rings. The number of carboxylic acids is 1. The number of nitrogens with zero attached hydrogens (tertiary/aromatic N) is 1. The minimum absolute atomic E-state index is 0.0503. The van der Waals surface area contributed by atoms with Gasteiger partial charge in [0, 0.05) is 29.1 Å². The molecule has 1 aromatic carbocycles. The van der Waals surface area contributed by atoms with Crippen molar-refractivity contribution in [2.24, 2.45) is 0 Å². The second-order valence-electron chi connectivity index (χ2n) is 4.79. The highest BCUT2D eigenvalue weighted by Gasteiger charge is 2.22. The van der Waals surface area contributed by atoms with Crippen LogP contribution in [0, 0.1) is 6.92 Å². The highest BCUT2D eigenvalue weighted by atomic mass is 35.5. The number of halogens is 1. The van der Waals surface area contributed by atoms with E-state index < -0.39 is 17.1 Å². The number of aryl methyl sites for hydroxylation is 1. The van der Waals surface area contributed by atoms with Crippen LogP contribution in [0.4, 0.5) is 0 Å². The van der Waals surface area contributed by atoms with E-state index in [0.717, 1.165) is 0 Å². The van der Waals surface area contributed by atoms with Crippen molar-refractivity contribution in [1.29, 1.82) is 0 Å². The second-order valence-corrected chi connectivity index (χ2v) is 6.91. The summed E-state index contributed by atoms with van der Waals surface area (Å²) in [6, 6.07) is 4.84. The quantitative estimate of drug-likeness (QED) is 0.831. The van der Waals surface area contributed by atoms with Crippen LogP contribution >= 0.6 is 11.6 Å². The largest absolute Gasteiger partial charge is 0.611 e. The molecule has 23 heavy (non-hydrogen) atoms. The monoisotopic (exact) mass is 353 g/mol. The minimum Gasteiger partial charge on any atom is -0.611 e. The lowest BCUT2D eigenvalue weighted by atomic mass is 9.99. The average molecular weight is 354 g/mol. The molecule has 2 rings (SSSR count). The first kappa shape index (κ1) is 17.6. The topological polar surface area (TPSA) is 82.5 Å². The summed E-state index contributed by atoms with van der Waals surface area (Å²) in [6.45, 7) is 3.56. The Morgan fingerprint density at radius 3 is 2.65 bits per heavy atom. The number of hydrogen-bond acceptors (Lipinski definition) is 4. The molecule has 7 heteroatoms. The first-order chi connectivity index (χ1) is 10.9. The van der Waals surface area contributed by atoms with E-state index in [2.05, 4.69) is 4.98 Å². The molecular formula is C16H16ClNO4S. The average Bonchev–Trinajstić information content (AvgIpc) is 2.53. The number of carbonyl (C=O) groups is 1. The lowest BCUT2D eigenvalue weighted by Gasteiger charge is -2.16. The Balaban J connectivity index is 2.71. The number of ether oxygens (including phenoxy) is 1. The summed E-state index contributed by atoms with van der Waals surface area (Å²) in [7, 11) is 1.47. The number of hydrogen-bond donors (Lipinski definition) is 1. The summed E-state index contributed by atoms with van der Waals surface area (Å²) in [5.74, 6) is -0.247. The highest BCUT2D eigenvalue weighted by molar-refractivity contribution is 7.91. The van der Waals surface area contributed by atoms with E-state index in [1.54, 1.807) is 32.0 Å². The standard InChI is InChI=1S/C16H16ClNO4S/c1-4-23(21)15-7-14(22-3)11(6-13(15)17)10-5-9(2)18-8-12(10)16(19)20/h5-8H,4H2,1-3H3,(H,19,20). The molecule has 1 unspecified atom stereocenters. The van der Waals surface area contributed by atoms with Crippen molar-refractivity contribution in [1.82, 2.24) is 4.98 Å². The van der Waals surface area contributed by atoms with Gasteiger partial charge in [-0.15, -0.1) is 0 Å². The van der Waals surface area contributed by atoms with Crippen molar-refractivity contribution < 1.29 is 19.2 Å². The Labute approximate surface area is 142 Å². The molecular weight excluding hydrogens is 338 g/mol. The van der Waals surface area contributed by atoms with Crippen LogP contribution in [0.15, 0.2) is 29.3 Å². The Kier molecular flexibility index (Phi) is 5.51. The molecule has 0 aliphatic carbocycles. The number of pyridine rings is 1. The third-order valence-electron chi connectivity index (χ3n) is 3.32. The van der Waals surface area contributed by atoms with Gasteiger partial charge in [-0.25, -0.2) is 4.79 Å². The van der Waals surface area contributed by atoms with Gasteiger partial charge in [0.25, 0.3) is 0 Å². The normalized spacial score (nSPS) is 12.0. The molecule has 0 saturated carbocycles. The molecule has 1 N–H and O–H groups in total. The van der Waals surface area contributed by atoms with Crippen LogP contribution < -0.4 is 4.74 Å². The fourth-order valence-electron chi connectivity index (χ4n) is 2.20. The zero-order valence-corrected chi connectivity index (χ0v) is 14.5. The summed E-state index contributed by atoms with van der Waals surface area (Å²) in [4.78, 5) is 15.9. The van der Waals surface area contributed by atoms with Gasteiger partial charge < -0.3 is 14.4 Å². The molecule has 0 bridgehead atoms. The minimum atomic E-state index is -1.24. The van der Waals surface area contributed by atoms with Gasteiger partial charge in [-0.05, 0) is 37.2 Å². The molecule has 0 amide bonds. The van der Waals surface area contributed by atoms with Crippen LogP contribution in [-0.2, 0) is 11.2 Å². The second kappa shape index (κ2) is 7.21. The summed E-state index contributed by atoms with van der Waals surface area (Å²) in [5, 5.41) is 9.68. The third kappa shape index (κ3) is 3.60. The van der Waals surface area contributed by atoms with E-state index in [4.69, 9.17) is 16.3 Å². The molecule has 1 heterocycles. The predicted molar refractivity (Wildman–Crippen MR) is 89.9 cm³/mol. The van der Waals surface area contributed by atoms with Crippen LogP contribution in [0.2, 0.25) is 5.02 Å². The Morgan fingerprint density at radius 2 is 2.09 bits per heavy atom. The van der Waals surface area contributed by atoms with Crippen molar-refractivity contribution in [2.75, 3.05) is 12.9 Å². The zero-order valence-electron chi connectivity index (χ0n) is 12.9. The van der Waals surface area contributed by atoms with Crippen molar-refractivity contribution in [3.8, 4) is 16.9 Å². The van der Waals surface area contributed by atoms with E-state index in [-0.39, 0.29) is 5.56 Å². The van der Waals surface area contributed by atoms with Gasteiger partial charge in [-0.2, -0.15) is 0 Å². The van der Waals surface area contributed by atoms with Gasteiger partial charge in [0.2, 0.25) is 0 Å².